The van der Waals surface area contributed by atoms with Crippen LogP contribution in [-0.4, -0.2) is 0 Å². The molecule has 1 aliphatic rings. The number of hydrogen-bond donors (Lipinski definition) is 0. The van der Waals surface area contributed by atoms with Crippen LogP contribution in [0.2, 0.25) is 0 Å². The van der Waals surface area contributed by atoms with Crippen molar-refractivity contribution in [1.29, 1.82) is 0 Å². The first-order valence-electron chi connectivity index (χ1n) is 3.71. The van der Waals surface area contributed by atoms with Gasteiger partial charge in [0.25, 0.3) is 0 Å². The predicted molar refractivity (Wildman–Crippen MR) is 36.5 cm³/mol. The molecule has 1 atom stereocenters. The van der Waals surface area contributed by atoms with E-state index in [0.29, 0.717) is 0 Å². The van der Waals surface area contributed by atoms with Crippen molar-refractivity contribution in [3.05, 3.63) is 6.42 Å². The van der Waals surface area contributed by atoms with Crippen molar-refractivity contribution in [1.82, 2.24) is 0 Å². The van der Waals surface area contributed by atoms with Crippen LogP contribution in [0.5, 0.6) is 0 Å². The first-order valence-corrected chi connectivity index (χ1v) is 3.71. The van der Waals surface area contributed by atoms with Gasteiger partial charge in [0, 0.05) is 0 Å². The van der Waals surface area contributed by atoms with Crippen LogP contribution in [0.4, 0.5) is 0 Å². The van der Waals surface area contributed by atoms with Gasteiger partial charge in [-0.2, -0.15) is 0 Å². The van der Waals surface area contributed by atoms with Gasteiger partial charge in [0.2, 0.25) is 0 Å². The van der Waals surface area contributed by atoms with Gasteiger partial charge in [-0.1, -0.05) is 32.6 Å². The molecule has 0 heteroatoms. The maximum Gasteiger partial charge on any atom is -0.0383 e. The van der Waals surface area contributed by atoms with Crippen molar-refractivity contribution in [3.63, 3.8) is 0 Å². The van der Waals surface area contributed by atoms with E-state index in [1.165, 1.54) is 32.1 Å². The summed E-state index contributed by atoms with van der Waals surface area (Å²) in [7, 11) is 0. The third kappa shape index (κ3) is 1.85. The molecule has 1 fully saturated rings. The number of hydrogen-bond acceptors (Lipinski definition) is 0. The van der Waals surface area contributed by atoms with Gasteiger partial charge in [-0.05, 0) is 18.8 Å². The largest absolute Gasteiger partial charge is 0.0625 e. The van der Waals surface area contributed by atoms with Crippen molar-refractivity contribution >= 4 is 0 Å². The molecule has 0 bridgehead atoms. The van der Waals surface area contributed by atoms with Gasteiger partial charge < -0.3 is 0 Å². The lowest BCUT2D eigenvalue weighted by atomic mass is 10.0. The van der Waals surface area contributed by atoms with E-state index >= 15 is 0 Å². The fourth-order valence-corrected chi connectivity index (χ4v) is 1.30. The summed E-state index contributed by atoms with van der Waals surface area (Å²) >= 11 is 0. The van der Waals surface area contributed by atoms with Crippen LogP contribution in [0.1, 0.15) is 39.0 Å². The normalized spacial score (nSPS) is 25.1. The topological polar surface area (TPSA) is 0 Å². The molecule has 0 aromatic rings. The summed E-state index contributed by atoms with van der Waals surface area (Å²) in [4.78, 5) is 0. The SMILES string of the molecule is CC1C[CH]CCCC1. The molecule has 1 aliphatic carbocycles. The molecule has 0 amide bonds. The summed E-state index contributed by atoms with van der Waals surface area (Å²) in [6.45, 7) is 2.35. The van der Waals surface area contributed by atoms with E-state index in [4.69, 9.17) is 0 Å². The average molecular weight is 111 g/mol. The summed E-state index contributed by atoms with van der Waals surface area (Å²) in [6, 6.07) is 0. The van der Waals surface area contributed by atoms with Crippen LogP contribution in [0.3, 0.4) is 0 Å². The van der Waals surface area contributed by atoms with Crippen LogP contribution in [-0.2, 0) is 0 Å². The summed E-state index contributed by atoms with van der Waals surface area (Å²) in [6.07, 6.45) is 9.51. The van der Waals surface area contributed by atoms with Gasteiger partial charge in [0.05, 0.1) is 0 Å². The van der Waals surface area contributed by atoms with E-state index in [0.717, 1.165) is 5.92 Å². The molecule has 1 rings (SSSR count). The third-order valence-electron chi connectivity index (χ3n) is 1.92. The molecule has 0 N–H and O–H groups in total. The van der Waals surface area contributed by atoms with Crippen molar-refractivity contribution in [3.8, 4) is 0 Å². The maximum absolute atomic E-state index is 2.44. The summed E-state index contributed by atoms with van der Waals surface area (Å²) in [5.74, 6) is 0.970. The molecule has 0 nitrogen and oxygen atoms in total. The first-order chi connectivity index (χ1) is 3.89. The standard InChI is InChI=1S/C8H15/c1-8-6-4-2-3-5-7-8/h4,8H,2-3,5-7H2,1H3. The molecule has 47 valence electrons. The molecular formula is C8H15. The van der Waals surface area contributed by atoms with Gasteiger partial charge in [-0.25, -0.2) is 0 Å². The van der Waals surface area contributed by atoms with Crippen LogP contribution < -0.4 is 0 Å². The zero-order chi connectivity index (χ0) is 5.82. The van der Waals surface area contributed by atoms with E-state index in [1.807, 2.05) is 0 Å². The van der Waals surface area contributed by atoms with E-state index in [-0.39, 0.29) is 0 Å². The molecule has 0 saturated heterocycles. The van der Waals surface area contributed by atoms with Crippen LogP contribution in [0.25, 0.3) is 0 Å². The zero-order valence-electron chi connectivity index (χ0n) is 5.69. The molecule has 0 heterocycles. The van der Waals surface area contributed by atoms with Crippen LogP contribution in [0, 0.1) is 12.3 Å². The van der Waals surface area contributed by atoms with E-state index < -0.39 is 0 Å². The predicted octanol–water partition coefficient (Wildman–Crippen LogP) is 2.79. The van der Waals surface area contributed by atoms with Crippen molar-refractivity contribution in [2.24, 2.45) is 5.92 Å². The summed E-state index contributed by atoms with van der Waals surface area (Å²) in [5, 5.41) is 0. The van der Waals surface area contributed by atoms with Gasteiger partial charge in [0.1, 0.15) is 0 Å². The fourth-order valence-electron chi connectivity index (χ4n) is 1.30. The highest BCUT2D eigenvalue weighted by Crippen LogP contribution is 2.20. The quantitative estimate of drug-likeness (QED) is 0.422. The van der Waals surface area contributed by atoms with Gasteiger partial charge in [-0.3, -0.25) is 0 Å². The second-order valence-corrected chi connectivity index (χ2v) is 2.91. The molecule has 1 radical (unpaired) electrons. The Balaban J connectivity index is 2.17. The smallest absolute Gasteiger partial charge is 0.0383 e. The van der Waals surface area contributed by atoms with Crippen molar-refractivity contribution in [2.45, 2.75) is 39.0 Å². The van der Waals surface area contributed by atoms with Crippen LogP contribution in [0.15, 0.2) is 0 Å². The Hall–Kier alpha value is 0. The molecule has 0 aromatic carbocycles. The molecule has 0 aliphatic heterocycles. The highest BCUT2D eigenvalue weighted by atomic mass is 14.1. The lowest BCUT2D eigenvalue weighted by molar-refractivity contribution is 0.530. The lowest BCUT2D eigenvalue weighted by Gasteiger charge is -2.02. The van der Waals surface area contributed by atoms with Gasteiger partial charge in [-0.15, -0.1) is 0 Å². The first kappa shape index (κ1) is 6.12. The Kier molecular flexibility index (Phi) is 2.38. The Morgan fingerprint density at radius 2 is 2.25 bits per heavy atom. The molecule has 1 saturated carbocycles. The minimum absolute atomic E-state index is 0.970. The summed E-state index contributed by atoms with van der Waals surface area (Å²) < 4.78 is 0. The van der Waals surface area contributed by atoms with Crippen molar-refractivity contribution < 1.29 is 0 Å². The second kappa shape index (κ2) is 3.11. The highest BCUT2D eigenvalue weighted by molar-refractivity contribution is 4.72. The van der Waals surface area contributed by atoms with Gasteiger partial charge >= 0.3 is 0 Å². The average Bonchev–Trinajstić information content (AvgIpc) is 1.94. The van der Waals surface area contributed by atoms with E-state index in [9.17, 15) is 0 Å². The Morgan fingerprint density at radius 1 is 1.38 bits per heavy atom. The van der Waals surface area contributed by atoms with Crippen LogP contribution >= 0.6 is 0 Å². The van der Waals surface area contributed by atoms with Gasteiger partial charge in [0.15, 0.2) is 0 Å². The second-order valence-electron chi connectivity index (χ2n) is 2.91. The fraction of sp³-hybridized carbons (Fsp3) is 0.875. The Morgan fingerprint density at radius 3 is 3.12 bits per heavy atom. The Bertz CT molecular complexity index is 49.1. The molecule has 0 aromatic heterocycles. The molecular weight excluding hydrogens is 96.1 g/mol. The number of rotatable bonds is 0. The molecule has 0 spiro atoms. The zero-order valence-corrected chi connectivity index (χ0v) is 5.69. The third-order valence-corrected chi connectivity index (χ3v) is 1.92. The summed E-state index contributed by atoms with van der Waals surface area (Å²) in [5.41, 5.74) is 0. The lowest BCUT2D eigenvalue weighted by Crippen LogP contribution is -1.89. The Labute approximate surface area is 52.3 Å². The van der Waals surface area contributed by atoms with E-state index in [2.05, 4.69) is 13.3 Å². The molecule has 1 unspecified atom stereocenters. The monoisotopic (exact) mass is 111 g/mol. The molecule has 8 heavy (non-hydrogen) atoms. The minimum atomic E-state index is 0.970. The minimum Gasteiger partial charge on any atom is -0.0625 e. The van der Waals surface area contributed by atoms with E-state index in [1.54, 1.807) is 0 Å². The maximum atomic E-state index is 2.44. The van der Waals surface area contributed by atoms with Crippen molar-refractivity contribution in [2.75, 3.05) is 0 Å². The highest BCUT2D eigenvalue weighted by Gasteiger charge is 2.05.